The van der Waals surface area contributed by atoms with Crippen molar-refractivity contribution in [2.45, 2.75) is 6.42 Å². The first-order chi connectivity index (χ1) is 7.65. The van der Waals surface area contributed by atoms with Crippen molar-refractivity contribution in [1.82, 2.24) is 0 Å². The fourth-order valence-corrected chi connectivity index (χ4v) is 1.31. The number of rotatable bonds is 6. The van der Waals surface area contributed by atoms with E-state index in [1.54, 1.807) is 7.11 Å². The standard InChI is InChI=1S/C12H20N2O2/c1-14(2)10-5-6-11(13)12(9-10)16-8-4-7-15-3/h5-6,9H,4,7-8,13H2,1-3H3. The second-order valence-corrected chi connectivity index (χ2v) is 3.81. The van der Waals surface area contributed by atoms with Crippen LogP contribution in [-0.4, -0.2) is 34.4 Å². The van der Waals surface area contributed by atoms with Gasteiger partial charge in [-0.15, -0.1) is 0 Å². The Hall–Kier alpha value is -1.42. The summed E-state index contributed by atoms with van der Waals surface area (Å²) in [6, 6.07) is 5.78. The average Bonchev–Trinajstić information content (AvgIpc) is 2.26. The van der Waals surface area contributed by atoms with E-state index in [9.17, 15) is 0 Å². The van der Waals surface area contributed by atoms with Crippen LogP contribution in [0.1, 0.15) is 6.42 Å². The molecule has 0 saturated heterocycles. The molecule has 0 aliphatic heterocycles. The third kappa shape index (κ3) is 3.62. The van der Waals surface area contributed by atoms with Crippen molar-refractivity contribution in [1.29, 1.82) is 0 Å². The fourth-order valence-electron chi connectivity index (χ4n) is 1.31. The molecule has 1 rings (SSSR count). The fraction of sp³-hybridized carbons (Fsp3) is 0.500. The summed E-state index contributed by atoms with van der Waals surface area (Å²) in [6.45, 7) is 1.32. The lowest BCUT2D eigenvalue weighted by Gasteiger charge is -2.15. The topological polar surface area (TPSA) is 47.7 Å². The van der Waals surface area contributed by atoms with Gasteiger partial charge < -0.3 is 20.1 Å². The summed E-state index contributed by atoms with van der Waals surface area (Å²) in [4.78, 5) is 2.02. The van der Waals surface area contributed by atoms with E-state index < -0.39 is 0 Å². The third-order valence-electron chi connectivity index (χ3n) is 2.26. The predicted octanol–water partition coefficient (Wildman–Crippen LogP) is 1.75. The number of methoxy groups -OCH3 is 1. The van der Waals surface area contributed by atoms with E-state index in [4.69, 9.17) is 15.2 Å². The first kappa shape index (κ1) is 12.6. The molecule has 0 bridgehead atoms. The number of hydrogen-bond acceptors (Lipinski definition) is 4. The minimum absolute atomic E-state index is 0.620. The van der Waals surface area contributed by atoms with Crippen molar-refractivity contribution in [2.24, 2.45) is 0 Å². The smallest absolute Gasteiger partial charge is 0.144 e. The minimum Gasteiger partial charge on any atom is -0.491 e. The van der Waals surface area contributed by atoms with Gasteiger partial charge in [0.1, 0.15) is 5.75 Å². The van der Waals surface area contributed by atoms with Crippen LogP contribution in [0.3, 0.4) is 0 Å². The summed E-state index contributed by atoms with van der Waals surface area (Å²) in [5, 5.41) is 0. The molecule has 1 aromatic rings. The van der Waals surface area contributed by atoms with E-state index in [0.29, 0.717) is 18.9 Å². The average molecular weight is 224 g/mol. The Morgan fingerprint density at radius 3 is 2.62 bits per heavy atom. The van der Waals surface area contributed by atoms with E-state index in [2.05, 4.69) is 0 Å². The number of ether oxygens (including phenoxy) is 2. The summed E-state index contributed by atoms with van der Waals surface area (Å²) in [7, 11) is 5.65. The Morgan fingerprint density at radius 1 is 1.25 bits per heavy atom. The second-order valence-electron chi connectivity index (χ2n) is 3.81. The lowest BCUT2D eigenvalue weighted by Crippen LogP contribution is -2.09. The number of benzene rings is 1. The summed E-state index contributed by atoms with van der Waals surface area (Å²) < 4.78 is 10.6. The van der Waals surface area contributed by atoms with Crippen LogP contribution in [0.5, 0.6) is 5.75 Å². The minimum atomic E-state index is 0.620. The molecular weight excluding hydrogens is 204 g/mol. The molecule has 0 fully saturated rings. The Balaban J connectivity index is 2.60. The Kier molecular flexibility index (Phi) is 4.92. The molecule has 0 amide bonds. The van der Waals surface area contributed by atoms with Crippen LogP contribution in [-0.2, 0) is 4.74 Å². The van der Waals surface area contributed by atoms with Gasteiger partial charge in [-0.3, -0.25) is 0 Å². The van der Waals surface area contributed by atoms with Crippen molar-refractivity contribution < 1.29 is 9.47 Å². The normalized spacial score (nSPS) is 10.2. The van der Waals surface area contributed by atoms with E-state index >= 15 is 0 Å². The quantitative estimate of drug-likeness (QED) is 0.590. The van der Waals surface area contributed by atoms with Gasteiger partial charge in [0.25, 0.3) is 0 Å². The largest absolute Gasteiger partial charge is 0.491 e. The summed E-state index contributed by atoms with van der Waals surface area (Å²) >= 11 is 0. The van der Waals surface area contributed by atoms with Crippen LogP contribution < -0.4 is 15.4 Å². The molecule has 16 heavy (non-hydrogen) atoms. The molecule has 4 nitrogen and oxygen atoms in total. The Bertz CT molecular complexity index is 327. The molecule has 0 unspecified atom stereocenters. The van der Waals surface area contributed by atoms with Crippen LogP contribution in [0.4, 0.5) is 11.4 Å². The first-order valence-electron chi connectivity index (χ1n) is 5.33. The molecule has 0 aliphatic carbocycles. The van der Waals surface area contributed by atoms with Gasteiger partial charge in [0.05, 0.1) is 12.3 Å². The monoisotopic (exact) mass is 224 g/mol. The molecule has 0 spiro atoms. The molecule has 2 N–H and O–H groups in total. The highest BCUT2D eigenvalue weighted by molar-refractivity contribution is 5.61. The van der Waals surface area contributed by atoms with Gasteiger partial charge in [-0.1, -0.05) is 0 Å². The van der Waals surface area contributed by atoms with Crippen molar-refractivity contribution in [2.75, 3.05) is 45.1 Å². The van der Waals surface area contributed by atoms with Crippen LogP contribution in [0.25, 0.3) is 0 Å². The van der Waals surface area contributed by atoms with Crippen LogP contribution in [0.15, 0.2) is 18.2 Å². The molecule has 0 aliphatic rings. The Labute approximate surface area is 96.9 Å². The van der Waals surface area contributed by atoms with Gasteiger partial charge in [-0.25, -0.2) is 0 Å². The number of hydrogen-bond donors (Lipinski definition) is 1. The number of nitrogens with zero attached hydrogens (tertiary/aromatic N) is 1. The maximum absolute atomic E-state index is 5.83. The van der Waals surface area contributed by atoms with E-state index in [1.165, 1.54) is 0 Å². The van der Waals surface area contributed by atoms with Gasteiger partial charge in [0, 0.05) is 46.0 Å². The summed E-state index contributed by atoms with van der Waals surface area (Å²) in [6.07, 6.45) is 0.863. The van der Waals surface area contributed by atoms with E-state index in [-0.39, 0.29) is 0 Å². The van der Waals surface area contributed by atoms with Gasteiger partial charge in [-0.05, 0) is 12.1 Å². The maximum Gasteiger partial charge on any atom is 0.144 e. The van der Waals surface area contributed by atoms with Crippen molar-refractivity contribution >= 4 is 11.4 Å². The SMILES string of the molecule is COCCCOc1cc(N(C)C)ccc1N. The zero-order valence-corrected chi connectivity index (χ0v) is 10.2. The molecule has 0 radical (unpaired) electrons. The number of anilines is 2. The molecular formula is C12H20N2O2. The first-order valence-corrected chi connectivity index (χ1v) is 5.33. The van der Waals surface area contributed by atoms with E-state index in [1.807, 2.05) is 37.2 Å². The van der Waals surface area contributed by atoms with Crippen LogP contribution in [0.2, 0.25) is 0 Å². The molecule has 90 valence electrons. The van der Waals surface area contributed by atoms with Gasteiger partial charge in [0.2, 0.25) is 0 Å². The summed E-state index contributed by atoms with van der Waals surface area (Å²) in [5.41, 5.74) is 7.58. The number of nitrogens with two attached hydrogens (primary N) is 1. The van der Waals surface area contributed by atoms with Crippen LogP contribution in [0, 0.1) is 0 Å². The molecule has 0 atom stereocenters. The Morgan fingerprint density at radius 2 is 2.00 bits per heavy atom. The molecule has 4 heteroatoms. The van der Waals surface area contributed by atoms with Gasteiger partial charge >= 0.3 is 0 Å². The lowest BCUT2D eigenvalue weighted by atomic mass is 10.2. The highest BCUT2D eigenvalue weighted by Crippen LogP contribution is 2.26. The van der Waals surface area contributed by atoms with Gasteiger partial charge in [0.15, 0.2) is 0 Å². The molecule has 1 aromatic carbocycles. The molecule has 0 aromatic heterocycles. The van der Waals surface area contributed by atoms with Crippen molar-refractivity contribution in [3.8, 4) is 5.75 Å². The lowest BCUT2D eigenvalue weighted by molar-refractivity contribution is 0.172. The zero-order chi connectivity index (χ0) is 12.0. The molecule has 0 heterocycles. The zero-order valence-electron chi connectivity index (χ0n) is 10.2. The molecule has 0 saturated carbocycles. The van der Waals surface area contributed by atoms with Crippen molar-refractivity contribution in [3.63, 3.8) is 0 Å². The highest BCUT2D eigenvalue weighted by atomic mass is 16.5. The van der Waals surface area contributed by atoms with Gasteiger partial charge in [-0.2, -0.15) is 0 Å². The van der Waals surface area contributed by atoms with Crippen LogP contribution >= 0.6 is 0 Å². The second kappa shape index (κ2) is 6.23. The van der Waals surface area contributed by atoms with E-state index in [0.717, 1.165) is 17.9 Å². The summed E-state index contributed by atoms with van der Waals surface area (Å²) in [5.74, 6) is 0.738. The third-order valence-corrected chi connectivity index (χ3v) is 2.26. The predicted molar refractivity (Wildman–Crippen MR) is 67.2 cm³/mol. The van der Waals surface area contributed by atoms with Crippen molar-refractivity contribution in [3.05, 3.63) is 18.2 Å². The highest BCUT2D eigenvalue weighted by Gasteiger charge is 2.03. The number of nitrogen functional groups attached to an aromatic ring is 1. The maximum atomic E-state index is 5.83.